The van der Waals surface area contributed by atoms with Crippen LogP contribution in [0.15, 0.2) is 42.6 Å². The summed E-state index contributed by atoms with van der Waals surface area (Å²) in [5, 5.41) is 12.2. The zero-order chi connectivity index (χ0) is 18.5. The fourth-order valence-corrected chi connectivity index (χ4v) is 3.39. The van der Waals surface area contributed by atoms with E-state index < -0.39 is 0 Å². The van der Waals surface area contributed by atoms with E-state index >= 15 is 0 Å². The first kappa shape index (κ1) is 18.2. The number of pyridine rings is 1. The Balaban J connectivity index is 1.56. The molecule has 0 radical (unpaired) electrons. The summed E-state index contributed by atoms with van der Waals surface area (Å²) < 4.78 is 0. The SMILES string of the molecule is C[C@@H](C(=O)Nc1ccc(C#N)c(Cl)c1)[NH+]1CCN(c2cccc[nH+]2)CC1. The first-order valence-corrected chi connectivity index (χ1v) is 9.03. The summed E-state index contributed by atoms with van der Waals surface area (Å²) >= 11 is 6.03. The number of nitrogens with zero attached hydrogens (tertiary/aromatic N) is 2. The minimum atomic E-state index is -0.161. The number of carbonyl (C=O) groups is 1. The maximum absolute atomic E-state index is 12.6. The van der Waals surface area contributed by atoms with E-state index in [1.165, 1.54) is 4.90 Å². The van der Waals surface area contributed by atoms with E-state index in [0.717, 1.165) is 32.0 Å². The van der Waals surface area contributed by atoms with Crippen LogP contribution in [0.1, 0.15) is 12.5 Å². The molecule has 1 fully saturated rings. The molecule has 134 valence electrons. The first-order chi connectivity index (χ1) is 12.6. The maximum Gasteiger partial charge on any atom is 0.282 e. The summed E-state index contributed by atoms with van der Waals surface area (Å²) in [6.45, 7) is 5.53. The van der Waals surface area contributed by atoms with Gasteiger partial charge in [0.1, 0.15) is 32.2 Å². The van der Waals surface area contributed by atoms with Gasteiger partial charge in [0.2, 0.25) is 0 Å². The van der Waals surface area contributed by atoms with Gasteiger partial charge in [-0.25, -0.2) is 4.98 Å². The molecule has 26 heavy (non-hydrogen) atoms. The van der Waals surface area contributed by atoms with Gasteiger partial charge in [-0.15, -0.1) is 0 Å². The number of aromatic amines is 1. The zero-order valence-corrected chi connectivity index (χ0v) is 15.4. The summed E-state index contributed by atoms with van der Waals surface area (Å²) in [5.74, 6) is 1.07. The van der Waals surface area contributed by atoms with Crippen LogP contribution < -0.4 is 20.1 Å². The van der Waals surface area contributed by atoms with Crippen LogP contribution in [-0.4, -0.2) is 38.1 Å². The largest absolute Gasteiger partial charge is 0.321 e. The molecule has 3 N–H and O–H groups in total. The number of nitrogens with one attached hydrogen (secondary N) is 3. The molecule has 1 saturated heterocycles. The molecule has 1 aliphatic rings. The predicted octanol–water partition coefficient (Wildman–Crippen LogP) is 0.758. The van der Waals surface area contributed by atoms with Crippen LogP contribution in [0.4, 0.5) is 11.5 Å². The molecular formula is C19H22ClN5O+2. The van der Waals surface area contributed by atoms with E-state index in [9.17, 15) is 4.79 Å². The summed E-state index contributed by atoms with van der Waals surface area (Å²) in [5.41, 5.74) is 1.01. The molecule has 2 heterocycles. The minimum Gasteiger partial charge on any atom is -0.321 e. The second kappa shape index (κ2) is 8.17. The van der Waals surface area contributed by atoms with E-state index in [2.05, 4.69) is 21.3 Å². The van der Waals surface area contributed by atoms with Crippen molar-refractivity contribution in [2.24, 2.45) is 0 Å². The number of halogens is 1. The summed E-state index contributed by atoms with van der Waals surface area (Å²) in [7, 11) is 0. The highest BCUT2D eigenvalue weighted by Crippen LogP contribution is 2.20. The number of carbonyl (C=O) groups excluding carboxylic acids is 1. The van der Waals surface area contributed by atoms with E-state index in [-0.39, 0.29) is 11.9 Å². The molecule has 3 rings (SSSR count). The van der Waals surface area contributed by atoms with E-state index in [4.69, 9.17) is 16.9 Å². The predicted molar refractivity (Wildman–Crippen MR) is 100 cm³/mol. The summed E-state index contributed by atoms with van der Waals surface area (Å²) in [6, 6.07) is 12.8. The number of anilines is 2. The number of benzene rings is 1. The average Bonchev–Trinajstić information content (AvgIpc) is 2.68. The molecule has 1 aromatic carbocycles. The Kier molecular flexibility index (Phi) is 5.71. The van der Waals surface area contributed by atoms with Crippen LogP contribution >= 0.6 is 11.6 Å². The Morgan fingerprint density at radius 2 is 2.12 bits per heavy atom. The summed E-state index contributed by atoms with van der Waals surface area (Å²) in [4.78, 5) is 19.4. The Bertz CT molecular complexity index is 812. The molecule has 7 heteroatoms. The molecule has 0 saturated carbocycles. The lowest BCUT2D eigenvalue weighted by atomic mass is 10.2. The van der Waals surface area contributed by atoms with Gasteiger partial charge in [-0.05, 0) is 31.2 Å². The highest BCUT2D eigenvalue weighted by molar-refractivity contribution is 6.32. The normalized spacial score (nSPS) is 16.0. The molecule has 0 bridgehead atoms. The van der Waals surface area contributed by atoms with Crippen LogP contribution in [-0.2, 0) is 4.79 Å². The van der Waals surface area contributed by atoms with Crippen LogP contribution in [0.2, 0.25) is 5.02 Å². The molecular weight excluding hydrogens is 350 g/mol. The van der Waals surface area contributed by atoms with Gasteiger partial charge >= 0.3 is 0 Å². The quantitative estimate of drug-likeness (QED) is 0.833. The van der Waals surface area contributed by atoms with E-state index in [0.29, 0.717) is 16.3 Å². The minimum absolute atomic E-state index is 0.0412. The number of rotatable bonds is 4. The number of nitriles is 1. The third kappa shape index (κ3) is 4.13. The van der Waals surface area contributed by atoms with Gasteiger partial charge in [0, 0.05) is 11.8 Å². The van der Waals surface area contributed by atoms with Gasteiger partial charge in [0.15, 0.2) is 6.04 Å². The molecule has 0 unspecified atom stereocenters. The van der Waals surface area contributed by atoms with Crippen LogP contribution in [0, 0.1) is 11.3 Å². The van der Waals surface area contributed by atoms with Crippen molar-refractivity contribution in [3.05, 3.63) is 53.2 Å². The molecule has 1 aliphatic heterocycles. The molecule has 0 aliphatic carbocycles. The topological polar surface area (TPSA) is 74.7 Å². The van der Waals surface area contributed by atoms with Crippen molar-refractivity contribution < 1.29 is 14.7 Å². The molecule has 6 nitrogen and oxygen atoms in total. The van der Waals surface area contributed by atoms with Crippen LogP contribution in [0.25, 0.3) is 0 Å². The van der Waals surface area contributed by atoms with Crippen molar-refractivity contribution in [2.45, 2.75) is 13.0 Å². The number of quaternary nitrogens is 1. The number of hydrogen-bond donors (Lipinski definition) is 2. The Morgan fingerprint density at radius 3 is 2.73 bits per heavy atom. The first-order valence-electron chi connectivity index (χ1n) is 8.65. The Labute approximate surface area is 158 Å². The highest BCUT2D eigenvalue weighted by Gasteiger charge is 2.32. The lowest BCUT2D eigenvalue weighted by molar-refractivity contribution is -0.914. The zero-order valence-electron chi connectivity index (χ0n) is 14.6. The second-order valence-corrected chi connectivity index (χ2v) is 6.82. The number of amides is 1. The fraction of sp³-hybridized carbons (Fsp3) is 0.316. The van der Waals surface area contributed by atoms with Crippen LogP contribution in [0.5, 0.6) is 0 Å². The van der Waals surface area contributed by atoms with Crippen LogP contribution in [0.3, 0.4) is 0 Å². The van der Waals surface area contributed by atoms with Crippen molar-refractivity contribution in [2.75, 3.05) is 36.4 Å². The van der Waals surface area contributed by atoms with E-state index in [1.807, 2.05) is 31.3 Å². The van der Waals surface area contributed by atoms with E-state index in [1.54, 1.807) is 18.2 Å². The number of aromatic nitrogens is 1. The number of hydrogen-bond acceptors (Lipinski definition) is 3. The molecule has 0 spiro atoms. The Hall–Kier alpha value is -2.62. The van der Waals surface area contributed by atoms with Crippen molar-refractivity contribution >= 4 is 29.0 Å². The number of piperazine rings is 1. The van der Waals surface area contributed by atoms with Gasteiger partial charge in [-0.3, -0.25) is 9.69 Å². The van der Waals surface area contributed by atoms with Crippen molar-refractivity contribution in [3.8, 4) is 6.07 Å². The monoisotopic (exact) mass is 371 g/mol. The highest BCUT2D eigenvalue weighted by atomic mass is 35.5. The van der Waals surface area contributed by atoms with Gasteiger partial charge < -0.3 is 10.2 Å². The molecule has 1 aromatic heterocycles. The van der Waals surface area contributed by atoms with Crippen molar-refractivity contribution in [3.63, 3.8) is 0 Å². The lowest BCUT2D eigenvalue weighted by Crippen LogP contribution is -3.19. The fourth-order valence-electron chi connectivity index (χ4n) is 3.17. The van der Waals surface area contributed by atoms with Gasteiger partial charge in [-0.2, -0.15) is 5.26 Å². The van der Waals surface area contributed by atoms with Gasteiger partial charge in [0.05, 0.1) is 16.8 Å². The smallest absolute Gasteiger partial charge is 0.282 e. The lowest BCUT2D eigenvalue weighted by Gasteiger charge is -2.31. The maximum atomic E-state index is 12.6. The standard InChI is InChI=1S/C19H20ClN5O/c1-14(19(26)23-16-6-5-15(13-21)17(20)12-16)24-8-10-25(11-9-24)18-4-2-3-7-22-18/h2-7,12,14H,8-11H2,1H3,(H,23,26)/p+2/t14-/m0/s1. The number of H-pyrrole nitrogens is 1. The average molecular weight is 372 g/mol. The van der Waals surface area contributed by atoms with Crippen molar-refractivity contribution in [1.82, 2.24) is 0 Å². The van der Waals surface area contributed by atoms with Gasteiger partial charge in [0.25, 0.3) is 11.7 Å². The second-order valence-electron chi connectivity index (χ2n) is 6.41. The molecule has 1 amide bonds. The third-order valence-corrected chi connectivity index (χ3v) is 5.11. The van der Waals surface area contributed by atoms with Crippen molar-refractivity contribution in [1.29, 1.82) is 5.26 Å². The summed E-state index contributed by atoms with van der Waals surface area (Å²) in [6.07, 6.45) is 1.92. The molecule has 1 atom stereocenters. The molecule has 2 aromatic rings. The third-order valence-electron chi connectivity index (χ3n) is 4.80. The van der Waals surface area contributed by atoms with Gasteiger partial charge in [-0.1, -0.05) is 17.7 Å². The Morgan fingerprint density at radius 1 is 1.35 bits per heavy atom.